The lowest BCUT2D eigenvalue weighted by Crippen LogP contribution is -2.55. The predicted molar refractivity (Wildman–Crippen MR) is 56.8 cm³/mol. The third-order valence-electron chi connectivity index (χ3n) is 2.99. The number of nitrogens with zero attached hydrogens (tertiary/aromatic N) is 1. The first-order valence-corrected chi connectivity index (χ1v) is 5.42. The number of likely N-dealkylation sites (tertiary alicyclic amines) is 1. The highest BCUT2D eigenvalue weighted by Gasteiger charge is 2.33. The van der Waals surface area contributed by atoms with Crippen LogP contribution in [0.25, 0.3) is 0 Å². The number of carbonyl (C=O) groups is 2. The zero-order valence-electron chi connectivity index (χ0n) is 9.11. The summed E-state index contributed by atoms with van der Waals surface area (Å²) < 4.78 is 0. The summed E-state index contributed by atoms with van der Waals surface area (Å²) in [7, 11) is 0. The molecule has 1 fully saturated rings. The lowest BCUT2D eigenvalue weighted by Gasteiger charge is -2.37. The maximum absolute atomic E-state index is 11.2. The number of piperidine rings is 1. The molecule has 0 saturated carbocycles. The molecule has 0 aliphatic carbocycles. The molecule has 0 aromatic carbocycles. The molecule has 0 aromatic heterocycles. The van der Waals surface area contributed by atoms with Gasteiger partial charge in [0.2, 0.25) is 11.8 Å². The van der Waals surface area contributed by atoms with Crippen LogP contribution in [0.3, 0.4) is 0 Å². The van der Waals surface area contributed by atoms with Crippen LogP contribution in [0, 0.1) is 0 Å². The Kier molecular flexibility index (Phi) is 4.08. The van der Waals surface area contributed by atoms with Crippen LogP contribution in [-0.4, -0.2) is 35.3 Å². The molecule has 1 saturated heterocycles. The van der Waals surface area contributed by atoms with Gasteiger partial charge in [-0.2, -0.15) is 0 Å². The van der Waals surface area contributed by atoms with Crippen molar-refractivity contribution in [3.05, 3.63) is 0 Å². The molecule has 0 spiro atoms. The first kappa shape index (κ1) is 12.0. The van der Waals surface area contributed by atoms with Gasteiger partial charge in [-0.25, -0.2) is 0 Å². The first-order chi connectivity index (χ1) is 7.07. The molecule has 0 radical (unpaired) electrons. The number of hydrogen-bond acceptors (Lipinski definition) is 3. The largest absolute Gasteiger partial charge is 0.368 e. The lowest BCUT2D eigenvalue weighted by atomic mass is 9.98. The summed E-state index contributed by atoms with van der Waals surface area (Å²) in [5.41, 5.74) is 10.6. The molecule has 5 nitrogen and oxygen atoms in total. The molecule has 5 heteroatoms. The molecule has 2 atom stereocenters. The molecule has 0 aromatic rings. The minimum absolute atomic E-state index is 0.323. The average molecular weight is 213 g/mol. The minimum atomic E-state index is -0.370. The molecule has 4 N–H and O–H groups in total. The van der Waals surface area contributed by atoms with E-state index in [4.69, 9.17) is 11.5 Å². The summed E-state index contributed by atoms with van der Waals surface area (Å²) in [6, 6.07) is -0.681. The van der Waals surface area contributed by atoms with Crippen LogP contribution in [-0.2, 0) is 9.59 Å². The second kappa shape index (κ2) is 5.11. The fourth-order valence-electron chi connectivity index (χ4n) is 2.23. The Morgan fingerprint density at radius 2 is 2.07 bits per heavy atom. The summed E-state index contributed by atoms with van der Waals surface area (Å²) in [5, 5.41) is 0. The van der Waals surface area contributed by atoms with Crippen molar-refractivity contribution in [2.45, 2.75) is 44.7 Å². The van der Waals surface area contributed by atoms with Crippen LogP contribution < -0.4 is 11.5 Å². The van der Waals surface area contributed by atoms with Gasteiger partial charge in [-0.1, -0.05) is 13.3 Å². The average Bonchev–Trinajstić information content (AvgIpc) is 2.18. The van der Waals surface area contributed by atoms with E-state index < -0.39 is 0 Å². The number of amides is 2. The summed E-state index contributed by atoms with van der Waals surface area (Å²) in [4.78, 5) is 24.3. The first-order valence-electron chi connectivity index (χ1n) is 5.42. The highest BCUT2D eigenvalue weighted by Crippen LogP contribution is 2.20. The normalized spacial score (nSPS) is 24.7. The number of primary amides is 2. The van der Waals surface area contributed by atoms with Crippen molar-refractivity contribution in [1.29, 1.82) is 0 Å². The van der Waals surface area contributed by atoms with E-state index in [9.17, 15) is 9.59 Å². The van der Waals surface area contributed by atoms with Crippen LogP contribution in [0.4, 0.5) is 0 Å². The van der Waals surface area contributed by atoms with E-state index in [0.717, 1.165) is 25.8 Å². The van der Waals surface area contributed by atoms with Gasteiger partial charge in [-0.15, -0.1) is 0 Å². The van der Waals surface area contributed by atoms with E-state index in [1.165, 1.54) is 0 Å². The van der Waals surface area contributed by atoms with Gasteiger partial charge in [0.25, 0.3) is 0 Å². The fraction of sp³-hybridized carbons (Fsp3) is 0.800. The second-order valence-corrected chi connectivity index (χ2v) is 3.98. The van der Waals surface area contributed by atoms with E-state index >= 15 is 0 Å². The van der Waals surface area contributed by atoms with E-state index in [0.29, 0.717) is 6.42 Å². The third-order valence-corrected chi connectivity index (χ3v) is 2.99. The molecule has 15 heavy (non-hydrogen) atoms. The molecule has 2 unspecified atom stereocenters. The molecule has 1 aliphatic rings. The van der Waals surface area contributed by atoms with Crippen LogP contribution in [0.15, 0.2) is 0 Å². The smallest absolute Gasteiger partial charge is 0.234 e. The summed E-state index contributed by atoms with van der Waals surface area (Å²) in [6.45, 7) is 2.62. The molecular formula is C10H19N3O2. The number of carbonyl (C=O) groups excluding carboxylic acids is 2. The van der Waals surface area contributed by atoms with Crippen molar-refractivity contribution >= 4 is 11.8 Å². The van der Waals surface area contributed by atoms with Gasteiger partial charge in [0.1, 0.15) is 0 Å². The topological polar surface area (TPSA) is 89.4 Å². The quantitative estimate of drug-likeness (QED) is 0.665. The molecule has 1 heterocycles. The third kappa shape index (κ3) is 2.68. The van der Waals surface area contributed by atoms with Crippen molar-refractivity contribution < 1.29 is 9.59 Å². The van der Waals surface area contributed by atoms with Crippen LogP contribution in [0.2, 0.25) is 0 Å². The zero-order chi connectivity index (χ0) is 11.4. The van der Waals surface area contributed by atoms with Crippen molar-refractivity contribution in [1.82, 2.24) is 4.90 Å². The number of nitrogens with two attached hydrogens (primary N) is 2. The van der Waals surface area contributed by atoms with Crippen molar-refractivity contribution in [3.8, 4) is 0 Å². The fourth-order valence-corrected chi connectivity index (χ4v) is 2.23. The highest BCUT2D eigenvalue weighted by molar-refractivity contribution is 5.83. The zero-order valence-corrected chi connectivity index (χ0v) is 9.11. The molecule has 1 aliphatic heterocycles. The molecular weight excluding hydrogens is 194 g/mol. The van der Waals surface area contributed by atoms with E-state index in [-0.39, 0.29) is 23.9 Å². The molecule has 0 bridgehead atoms. The van der Waals surface area contributed by atoms with E-state index in [2.05, 4.69) is 0 Å². The Bertz CT molecular complexity index is 239. The maximum atomic E-state index is 11.2. The van der Waals surface area contributed by atoms with E-state index in [1.807, 2.05) is 11.8 Å². The van der Waals surface area contributed by atoms with Gasteiger partial charge >= 0.3 is 0 Å². The summed E-state index contributed by atoms with van der Waals surface area (Å²) in [5.74, 6) is -0.722. The van der Waals surface area contributed by atoms with E-state index in [1.54, 1.807) is 0 Å². The van der Waals surface area contributed by atoms with Gasteiger partial charge in [0.05, 0.1) is 12.1 Å². The molecule has 86 valence electrons. The van der Waals surface area contributed by atoms with Crippen LogP contribution in [0.5, 0.6) is 0 Å². The molecule has 2 amide bonds. The Morgan fingerprint density at radius 1 is 1.40 bits per heavy atom. The van der Waals surface area contributed by atoms with Crippen LogP contribution >= 0.6 is 0 Å². The Morgan fingerprint density at radius 3 is 2.53 bits per heavy atom. The SMILES string of the molecule is CCC(C(N)=O)N1CCCCC1C(N)=O. The van der Waals surface area contributed by atoms with Crippen molar-refractivity contribution in [3.63, 3.8) is 0 Å². The summed E-state index contributed by atoms with van der Waals surface area (Å²) in [6.07, 6.45) is 3.34. The van der Waals surface area contributed by atoms with Gasteiger partial charge in [0, 0.05) is 0 Å². The Hall–Kier alpha value is -1.10. The highest BCUT2D eigenvalue weighted by atomic mass is 16.2. The minimum Gasteiger partial charge on any atom is -0.368 e. The monoisotopic (exact) mass is 213 g/mol. The van der Waals surface area contributed by atoms with Gasteiger partial charge < -0.3 is 11.5 Å². The maximum Gasteiger partial charge on any atom is 0.234 e. The Labute approximate surface area is 89.8 Å². The Balaban J connectivity index is 2.78. The number of rotatable bonds is 4. The lowest BCUT2D eigenvalue weighted by molar-refractivity contribution is -0.130. The standard InChI is InChI=1S/C10H19N3O2/c1-2-7(9(11)14)13-6-4-3-5-8(13)10(12)15/h7-8H,2-6H2,1H3,(H2,11,14)(H2,12,15). The van der Waals surface area contributed by atoms with Crippen molar-refractivity contribution in [2.75, 3.05) is 6.54 Å². The predicted octanol–water partition coefficient (Wildman–Crippen LogP) is -0.410. The second-order valence-electron chi connectivity index (χ2n) is 3.98. The summed E-state index contributed by atoms with van der Waals surface area (Å²) >= 11 is 0. The van der Waals surface area contributed by atoms with Crippen LogP contribution in [0.1, 0.15) is 32.6 Å². The number of hydrogen-bond donors (Lipinski definition) is 2. The molecule has 1 rings (SSSR count). The van der Waals surface area contributed by atoms with Gasteiger partial charge in [-0.05, 0) is 25.8 Å². The van der Waals surface area contributed by atoms with Crippen molar-refractivity contribution in [2.24, 2.45) is 11.5 Å². The van der Waals surface area contributed by atoms with Gasteiger partial charge in [-0.3, -0.25) is 14.5 Å². The van der Waals surface area contributed by atoms with Gasteiger partial charge in [0.15, 0.2) is 0 Å².